The van der Waals surface area contributed by atoms with Crippen LogP contribution in [0.5, 0.6) is 0 Å². The first-order valence-electron chi connectivity index (χ1n) is 24.0. The summed E-state index contributed by atoms with van der Waals surface area (Å²) >= 11 is 0. The quantitative estimate of drug-likeness (QED) is 0.0313. The highest BCUT2D eigenvalue weighted by molar-refractivity contribution is 5.88. The number of nitrogens with one attached hydrogen (secondary N) is 5. The Bertz CT molecular complexity index is 1740. The number of benzene rings is 1. The van der Waals surface area contributed by atoms with Crippen LogP contribution in [0.15, 0.2) is 30.3 Å². The largest absolute Gasteiger partial charge is 0.460 e. The summed E-state index contributed by atoms with van der Waals surface area (Å²) in [6.45, 7) is 21.4. The molecule has 5 amide bonds. The van der Waals surface area contributed by atoms with Crippen LogP contribution in [-0.4, -0.2) is 101 Å². The average molecular weight is 962 g/mol. The number of alkyl carbamates (subject to hydrolysis) is 1. The minimum Gasteiger partial charge on any atom is -0.460 e. The molecule has 0 fully saturated rings. The van der Waals surface area contributed by atoms with Crippen LogP contribution < -0.4 is 26.6 Å². The van der Waals surface area contributed by atoms with Gasteiger partial charge in [-0.05, 0) is 146 Å². The van der Waals surface area contributed by atoms with Crippen molar-refractivity contribution in [2.45, 2.75) is 220 Å². The Labute approximate surface area is 404 Å². The summed E-state index contributed by atoms with van der Waals surface area (Å²) < 4.78 is 27.2. The highest BCUT2D eigenvalue weighted by atomic mass is 16.6. The van der Waals surface area contributed by atoms with Crippen LogP contribution in [-0.2, 0) is 59.1 Å². The lowest BCUT2D eigenvalue weighted by atomic mass is 10.1. The van der Waals surface area contributed by atoms with E-state index in [1.165, 1.54) is 0 Å². The van der Waals surface area contributed by atoms with Gasteiger partial charge in [0.15, 0.2) is 0 Å². The number of hydrogen-bond acceptors (Lipinski definition) is 13. The highest BCUT2D eigenvalue weighted by Gasteiger charge is 2.32. The Morgan fingerprint density at radius 1 is 0.456 bits per heavy atom. The number of unbranched alkanes of at least 4 members (excludes halogenated alkanes) is 5. The first kappa shape index (κ1) is 60.6. The van der Waals surface area contributed by atoms with E-state index in [1.807, 2.05) is 30.3 Å². The SMILES string of the molecule is CC(C)(C)OC(=O)CCC(NC(=O)NC(CCCCNC(=O)CCCCCCC(=O)NC(CCCCNC(=O)OCc1ccccc1)C(=O)OC(C)(C)C)C(=O)OC(C)(C)C)C(=O)OC(C)(C)C. The zero-order valence-corrected chi connectivity index (χ0v) is 42.9. The molecule has 3 unspecified atom stereocenters. The topological polar surface area (TPSA) is 243 Å². The molecule has 68 heavy (non-hydrogen) atoms. The fraction of sp³-hybridized carbons (Fsp3) is 0.720. The van der Waals surface area contributed by atoms with Gasteiger partial charge in [0, 0.05) is 32.4 Å². The molecule has 0 aliphatic carbocycles. The summed E-state index contributed by atoms with van der Waals surface area (Å²) in [6, 6.07) is 5.41. The van der Waals surface area contributed by atoms with Crippen molar-refractivity contribution in [2.75, 3.05) is 13.1 Å². The van der Waals surface area contributed by atoms with Gasteiger partial charge >= 0.3 is 36.0 Å². The number of carbonyl (C=O) groups is 8. The van der Waals surface area contributed by atoms with E-state index >= 15 is 0 Å². The minimum atomic E-state index is -1.21. The van der Waals surface area contributed by atoms with E-state index in [1.54, 1.807) is 83.1 Å². The van der Waals surface area contributed by atoms with Crippen molar-refractivity contribution >= 4 is 47.8 Å². The van der Waals surface area contributed by atoms with E-state index in [2.05, 4.69) is 26.6 Å². The van der Waals surface area contributed by atoms with Gasteiger partial charge in [0.05, 0.1) is 0 Å². The zero-order valence-electron chi connectivity index (χ0n) is 42.9. The van der Waals surface area contributed by atoms with Crippen molar-refractivity contribution < 1.29 is 62.0 Å². The van der Waals surface area contributed by atoms with Crippen LogP contribution in [0.3, 0.4) is 0 Å². The van der Waals surface area contributed by atoms with E-state index in [4.69, 9.17) is 23.7 Å². The van der Waals surface area contributed by atoms with Crippen LogP contribution in [0.4, 0.5) is 9.59 Å². The predicted octanol–water partition coefficient (Wildman–Crippen LogP) is 7.38. The maximum absolute atomic E-state index is 13.2. The second kappa shape index (κ2) is 30.1. The number of hydrogen-bond donors (Lipinski definition) is 5. The molecule has 0 spiro atoms. The molecule has 0 aliphatic heterocycles. The number of urea groups is 1. The standard InChI is InChI=1S/C50H83N5O13/c1-47(2,3)65-41(58)31-30-38(44(61)68-50(10,11)12)55-45(62)54-37(43(60)67-49(7,8)9)27-20-22-32-51-39(56)28-18-13-14-19-29-40(57)53-36(42(59)66-48(4,5)6)26-21-23-33-52-46(63)64-34-35-24-16-15-17-25-35/h15-17,24-25,36-38H,13-14,18-23,26-34H2,1-12H3,(H,51,56)(H,52,63)(H,53,57)(H2,54,55,62). The summed E-state index contributed by atoms with van der Waals surface area (Å²) in [6.07, 6.45) is 4.91. The fourth-order valence-corrected chi connectivity index (χ4v) is 6.30. The van der Waals surface area contributed by atoms with Crippen molar-refractivity contribution in [3.8, 4) is 0 Å². The van der Waals surface area contributed by atoms with Gasteiger partial charge in [0.25, 0.3) is 0 Å². The maximum Gasteiger partial charge on any atom is 0.407 e. The molecule has 0 aromatic heterocycles. The third kappa shape index (κ3) is 32.3. The second-order valence-electron chi connectivity index (χ2n) is 20.8. The first-order chi connectivity index (χ1) is 31.5. The van der Waals surface area contributed by atoms with Gasteiger partial charge in [-0.1, -0.05) is 43.2 Å². The first-order valence-corrected chi connectivity index (χ1v) is 24.0. The molecule has 1 aromatic rings. The summed E-state index contributed by atoms with van der Waals surface area (Å²) in [5.74, 6) is -2.89. The molecule has 0 aliphatic rings. The molecule has 0 saturated carbocycles. The molecule has 0 saturated heterocycles. The van der Waals surface area contributed by atoms with Gasteiger partial charge < -0.3 is 50.3 Å². The van der Waals surface area contributed by atoms with Gasteiger partial charge in [-0.3, -0.25) is 14.4 Å². The van der Waals surface area contributed by atoms with Crippen molar-refractivity contribution in [1.29, 1.82) is 0 Å². The minimum absolute atomic E-state index is 0.0943. The Hall–Kier alpha value is -5.42. The van der Waals surface area contributed by atoms with Crippen LogP contribution in [0, 0.1) is 0 Å². The molecule has 1 aromatic carbocycles. The predicted molar refractivity (Wildman–Crippen MR) is 257 cm³/mol. The lowest BCUT2D eigenvalue weighted by molar-refractivity contribution is -0.160. The third-order valence-corrected chi connectivity index (χ3v) is 9.28. The Balaban J connectivity index is 2.53. The summed E-state index contributed by atoms with van der Waals surface area (Å²) in [5.41, 5.74) is -2.29. The highest BCUT2D eigenvalue weighted by Crippen LogP contribution is 2.16. The van der Waals surface area contributed by atoms with E-state index in [0.717, 1.165) is 12.0 Å². The van der Waals surface area contributed by atoms with Gasteiger partial charge in [0.2, 0.25) is 11.8 Å². The maximum atomic E-state index is 13.2. The van der Waals surface area contributed by atoms with Crippen LogP contribution in [0.1, 0.15) is 179 Å². The lowest BCUT2D eigenvalue weighted by Gasteiger charge is -2.27. The summed E-state index contributed by atoms with van der Waals surface area (Å²) in [7, 11) is 0. The fourth-order valence-electron chi connectivity index (χ4n) is 6.30. The van der Waals surface area contributed by atoms with Gasteiger partial charge in [-0.2, -0.15) is 0 Å². The molecular formula is C50H83N5O13. The monoisotopic (exact) mass is 962 g/mol. The number of ether oxygens (including phenoxy) is 5. The molecule has 5 N–H and O–H groups in total. The van der Waals surface area contributed by atoms with Crippen LogP contribution >= 0.6 is 0 Å². The van der Waals surface area contributed by atoms with Crippen molar-refractivity contribution in [3.05, 3.63) is 35.9 Å². The van der Waals surface area contributed by atoms with E-state index in [0.29, 0.717) is 70.9 Å². The number of amides is 5. The zero-order chi connectivity index (χ0) is 51.6. The lowest BCUT2D eigenvalue weighted by Crippen LogP contribution is -2.53. The third-order valence-electron chi connectivity index (χ3n) is 9.28. The summed E-state index contributed by atoms with van der Waals surface area (Å²) in [5, 5.41) is 13.6. The number of esters is 4. The Morgan fingerprint density at radius 3 is 1.35 bits per heavy atom. The average Bonchev–Trinajstić information content (AvgIpc) is 3.19. The molecule has 3 atom stereocenters. The van der Waals surface area contributed by atoms with Crippen molar-refractivity contribution in [1.82, 2.24) is 26.6 Å². The number of rotatable bonds is 28. The molecule has 18 nitrogen and oxygen atoms in total. The van der Waals surface area contributed by atoms with E-state index in [-0.39, 0.29) is 44.1 Å². The molecule has 18 heteroatoms. The van der Waals surface area contributed by atoms with Crippen LogP contribution in [0.25, 0.3) is 0 Å². The van der Waals surface area contributed by atoms with Crippen molar-refractivity contribution in [2.24, 2.45) is 0 Å². The molecule has 0 heterocycles. The molecule has 1 rings (SSSR count). The molecule has 386 valence electrons. The molecule has 0 bridgehead atoms. The van der Waals surface area contributed by atoms with Gasteiger partial charge in [-0.15, -0.1) is 0 Å². The van der Waals surface area contributed by atoms with Gasteiger partial charge in [0.1, 0.15) is 47.1 Å². The summed E-state index contributed by atoms with van der Waals surface area (Å²) in [4.78, 5) is 102. The Kier molecular flexibility index (Phi) is 26.9. The molecular weight excluding hydrogens is 879 g/mol. The smallest absolute Gasteiger partial charge is 0.407 e. The van der Waals surface area contributed by atoms with E-state index < -0.39 is 76.5 Å². The Morgan fingerprint density at radius 2 is 0.882 bits per heavy atom. The molecule has 0 radical (unpaired) electrons. The van der Waals surface area contributed by atoms with E-state index in [9.17, 15) is 38.4 Å². The second-order valence-corrected chi connectivity index (χ2v) is 20.8. The van der Waals surface area contributed by atoms with Crippen LogP contribution in [0.2, 0.25) is 0 Å². The van der Waals surface area contributed by atoms with Gasteiger partial charge in [-0.25, -0.2) is 24.0 Å². The normalized spacial score (nSPS) is 13.1. The number of carbonyl (C=O) groups excluding carboxylic acids is 8. The van der Waals surface area contributed by atoms with Crippen molar-refractivity contribution in [3.63, 3.8) is 0 Å².